The van der Waals surface area contributed by atoms with Gasteiger partial charge >= 0.3 is 0 Å². The molecular formula is C78H90N4. The first kappa shape index (κ1) is 64.1. The van der Waals surface area contributed by atoms with Crippen LogP contribution in [0, 0.1) is 27.7 Å². The first-order chi connectivity index (χ1) is 39.4. The second kappa shape index (κ2) is 31.9. The van der Waals surface area contributed by atoms with Crippen molar-refractivity contribution in [1.82, 2.24) is 0 Å². The van der Waals surface area contributed by atoms with Crippen LogP contribution in [-0.2, 0) is 0 Å². The average molecular weight is 1080 g/mol. The highest BCUT2D eigenvalue weighted by Gasteiger charge is 2.24. The number of anilines is 4. The van der Waals surface area contributed by atoms with Crippen LogP contribution in [0.5, 0.6) is 0 Å². The molecule has 7 rings (SSSR count). The van der Waals surface area contributed by atoms with Crippen LogP contribution in [0.3, 0.4) is 0 Å². The molecule has 0 fully saturated rings. The lowest BCUT2D eigenvalue weighted by Gasteiger charge is -2.34. The van der Waals surface area contributed by atoms with Gasteiger partial charge in [-0.1, -0.05) is 140 Å². The monoisotopic (exact) mass is 1080 g/mol. The smallest absolute Gasteiger partial charge is 0.0890 e. The molecule has 0 amide bonds. The van der Waals surface area contributed by atoms with Crippen molar-refractivity contribution in [2.24, 2.45) is 0 Å². The van der Waals surface area contributed by atoms with Gasteiger partial charge in [0.1, 0.15) is 0 Å². The van der Waals surface area contributed by atoms with Gasteiger partial charge in [-0.05, 0) is 258 Å². The Hall–Kier alpha value is -8.74. The Morgan fingerprint density at radius 2 is 1.12 bits per heavy atom. The summed E-state index contributed by atoms with van der Waals surface area (Å²) >= 11 is 0. The summed E-state index contributed by atoms with van der Waals surface area (Å²) in [5, 5.41) is 0. The number of allylic oxidation sites excluding steroid dienone is 20. The summed E-state index contributed by atoms with van der Waals surface area (Å²) in [5.41, 5.74) is 33.4. The van der Waals surface area contributed by atoms with Crippen molar-refractivity contribution in [3.63, 3.8) is 0 Å². The van der Waals surface area contributed by atoms with Crippen LogP contribution in [0.2, 0.25) is 0 Å². The van der Waals surface area contributed by atoms with E-state index in [1.165, 1.54) is 55.7 Å². The van der Waals surface area contributed by atoms with Crippen molar-refractivity contribution >= 4 is 22.7 Å². The molecule has 82 heavy (non-hydrogen) atoms. The number of hydrogen-bond acceptors (Lipinski definition) is 4. The molecule has 2 atom stereocenters. The maximum Gasteiger partial charge on any atom is 0.0890 e. The lowest BCUT2D eigenvalue weighted by Crippen LogP contribution is -2.33. The summed E-state index contributed by atoms with van der Waals surface area (Å²) < 4.78 is 0. The van der Waals surface area contributed by atoms with E-state index in [-0.39, 0.29) is 12.1 Å². The fourth-order valence-electron chi connectivity index (χ4n) is 9.48. The van der Waals surface area contributed by atoms with Gasteiger partial charge in [0.2, 0.25) is 0 Å². The van der Waals surface area contributed by atoms with E-state index in [0.717, 1.165) is 56.9 Å². The normalized spacial score (nSPS) is 14.9. The Morgan fingerprint density at radius 3 is 1.67 bits per heavy atom. The van der Waals surface area contributed by atoms with Crippen molar-refractivity contribution in [1.29, 1.82) is 0 Å². The van der Waals surface area contributed by atoms with Gasteiger partial charge in [0.05, 0.1) is 23.5 Å². The van der Waals surface area contributed by atoms with Gasteiger partial charge in [0, 0.05) is 51.6 Å². The molecule has 4 heteroatoms. The highest BCUT2D eigenvalue weighted by atomic mass is 15.2. The van der Waals surface area contributed by atoms with Gasteiger partial charge in [-0.25, -0.2) is 0 Å². The Morgan fingerprint density at radius 1 is 0.573 bits per heavy atom. The highest BCUT2D eigenvalue weighted by Crippen LogP contribution is 2.35. The number of aryl methyl sites for hydroxylation is 4. The number of rotatable bonds is 18. The molecule has 0 N–H and O–H groups in total. The molecule has 4 aromatic rings. The topological polar surface area (TPSA) is 13.0 Å². The zero-order chi connectivity index (χ0) is 59.9. The summed E-state index contributed by atoms with van der Waals surface area (Å²) in [6.45, 7) is 40.5. The minimum Gasteiger partial charge on any atom is -0.334 e. The summed E-state index contributed by atoms with van der Waals surface area (Å²) in [6, 6.07) is 34.8. The molecule has 0 heterocycles. The molecule has 4 aromatic carbocycles. The first-order valence-corrected chi connectivity index (χ1v) is 29.0. The van der Waals surface area contributed by atoms with E-state index in [9.17, 15) is 0 Å². The molecular weight excluding hydrogens is 993 g/mol. The lowest BCUT2D eigenvalue weighted by atomic mass is 10.0. The van der Waals surface area contributed by atoms with Crippen LogP contribution in [0.25, 0.3) is 0 Å². The Balaban J connectivity index is 0.000000292. The molecule has 2 unspecified atom stereocenters. The first-order valence-electron chi connectivity index (χ1n) is 29.0. The van der Waals surface area contributed by atoms with Crippen molar-refractivity contribution in [2.45, 2.75) is 130 Å². The zero-order valence-electron chi connectivity index (χ0n) is 52.4. The van der Waals surface area contributed by atoms with Crippen LogP contribution < -0.4 is 19.6 Å². The summed E-state index contributed by atoms with van der Waals surface area (Å²) in [7, 11) is 0. The molecule has 4 nitrogen and oxygen atoms in total. The minimum absolute atomic E-state index is 0.0171. The average Bonchev–Trinajstić information content (AvgIpc) is 3.95. The molecule has 3 aliphatic rings. The maximum atomic E-state index is 4.21. The van der Waals surface area contributed by atoms with Crippen LogP contribution in [0.15, 0.2) is 304 Å². The standard InChI is InChI=1S/C39H46N2.C37H38N2.C2H6/c1-11-29(5)24-35(12-2)41(36-22-20-30(6)21-23-36)39(28(3)4)27-33(9)34(10)40(38-19-15-17-32(8)26-38)37-18-14-13-16-31(7)25-37;1-7-12-35(39(37-20-11-16-31(5)26-37)34-18-9-14-29(3)22-24-34)27-32(6)38(36-19-10-15-30(4)25-36)33-17-8-13-28(2)21-23-33;1-2/h11-13,15-27,34H,2H2,1,3-10H3;7-22,25-27,32H,1-6H3;1-2H3/b29-11-,33-27-,35-24+;12-7-,35-27+;. The van der Waals surface area contributed by atoms with Crippen LogP contribution in [0.1, 0.15) is 112 Å². The molecule has 0 aliphatic heterocycles. The van der Waals surface area contributed by atoms with Crippen molar-refractivity contribution in [2.75, 3.05) is 19.6 Å². The second-order valence-corrected chi connectivity index (χ2v) is 21.2. The number of hydrogen-bond donors (Lipinski definition) is 0. The van der Waals surface area contributed by atoms with Gasteiger partial charge in [0.15, 0.2) is 0 Å². The Bertz CT molecular complexity index is 3510. The molecule has 0 radical (unpaired) electrons. The Kier molecular flexibility index (Phi) is 24.9. The number of benzene rings is 4. The van der Waals surface area contributed by atoms with E-state index >= 15 is 0 Å². The Labute approximate surface area is 495 Å². The molecule has 0 saturated carbocycles. The van der Waals surface area contributed by atoms with Crippen LogP contribution in [-0.4, -0.2) is 12.1 Å². The molecule has 422 valence electrons. The SMILES string of the molecule is C/C=C\C(=C/C(C)N(C1=C=CC(C)=CC=C1)c1cccc(C)c1)N(C1=C=CC(C)=CC=C1)c1cccc(C)c1.C=C/C(=C\C(C)=C/C)N(C(/C=C(/C)C(C)N(C1=CC(C)=CC=C=C1)c1cccc(C)c1)=C(C)C)c1ccc(C)cc1.CC. The molecule has 3 aliphatic carbocycles. The van der Waals surface area contributed by atoms with Gasteiger partial charge in [-0.2, -0.15) is 0 Å². The van der Waals surface area contributed by atoms with E-state index in [2.05, 4.69) is 348 Å². The molecule has 0 saturated heterocycles. The third-order valence-electron chi connectivity index (χ3n) is 13.9. The predicted octanol–water partition coefficient (Wildman–Crippen LogP) is 21.4. The highest BCUT2D eigenvalue weighted by molar-refractivity contribution is 5.68. The zero-order valence-corrected chi connectivity index (χ0v) is 52.4. The van der Waals surface area contributed by atoms with Crippen molar-refractivity contribution in [3.05, 3.63) is 326 Å². The fraction of sp³-hybridized carbons (Fsp3) is 0.244. The predicted molar refractivity (Wildman–Crippen MR) is 361 cm³/mol. The van der Waals surface area contributed by atoms with E-state index in [1.807, 2.05) is 26.0 Å². The summed E-state index contributed by atoms with van der Waals surface area (Å²) in [5.74, 6) is 0. The van der Waals surface area contributed by atoms with Crippen molar-refractivity contribution < 1.29 is 0 Å². The number of nitrogens with zero attached hydrogens (tertiary/aromatic N) is 4. The van der Waals surface area contributed by atoms with E-state index in [0.29, 0.717) is 0 Å². The third kappa shape index (κ3) is 18.1. The molecule has 0 bridgehead atoms. The van der Waals surface area contributed by atoms with E-state index in [4.69, 9.17) is 0 Å². The van der Waals surface area contributed by atoms with Crippen molar-refractivity contribution in [3.8, 4) is 0 Å². The van der Waals surface area contributed by atoms with Gasteiger partial charge in [-0.15, -0.1) is 5.73 Å². The second-order valence-electron chi connectivity index (χ2n) is 21.2. The third-order valence-corrected chi connectivity index (χ3v) is 13.9. The van der Waals surface area contributed by atoms with Crippen LogP contribution in [0.4, 0.5) is 22.7 Å². The maximum absolute atomic E-state index is 4.21. The molecule has 0 spiro atoms. The molecule has 0 aromatic heterocycles. The largest absolute Gasteiger partial charge is 0.334 e. The lowest BCUT2D eigenvalue weighted by molar-refractivity contribution is 0.785. The summed E-state index contributed by atoms with van der Waals surface area (Å²) in [6.07, 6.45) is 40.4. The van der Waals surface area contributed by atoms with Crippen LogP contribution >= 0.6 is 0 Å². The van der Waals surface area contributed by atoms with Gasteiger partial charge in [0.25, 0.3) is 0 Å². The fourth-order valence-corrected chi connectivity index (χ4v) is 9.48. The summed E-state index contributed by atoms with van der Waals surface area (Å²) in [4.78, 5) is 9.37. The van der Waals surface area contributed by atoms with E-state index < -0.39 is 0 Å². The minimum atomic E-state index is 0.0171. The van der Waals surface area contributed by atoms with E-state index in [1.54, 1.807) is 0 Å². The quantitative estimate of drug-likeness (QED) is 0.0727. The van der Waals surface area contributed by atoms with Gasteiger partial charge in [-0.3, -0.25) is 0 Å². The van der Waals surface area contributed by atoms with Gasteiger partial charge < -0.3 is 19.6 Å².